The van der Waals surface area contributed by atoms with Crippen LogP contribution in [0.3, 0.4) is 0 Å². The van der Waals surface area contributed by atoms with E-state index in [1.165, 1.54) is 0 Å². The minimum Gasteiger partial charge on any atom is -0.380 e. The fourth-order valence-corrected chi connectivity index (χ4v) is 1.16. The summed E-state index contributed by atoms with van der Waals surface area (Å²) in [6.45, 7) is 12.6. The highest BCUT2D eigenvalue weighted by atomic mass is 16.5. The molecule has 2 N–H and O–H groups in total. The zero-order valence-corrected chi connectivity index (χ0v) is 11.2. The molecule has 0 radical (unpaired) electrons. The zero-order chi connectivity index (χ0) is 12.2. The van der Waals surface area contributed by atoms with Crippen molar-refractivity contribution in [2.75, 3.05) is 32.8 Å². The van der Waals surface area contributed by atoms with Gasteiger partial charge in [-0.1, -0.05) is 13.8 Å². The predicted octanol–water partition coefficient (Wildman–Crippen LogP) is 1.62. The molecule has 0 aromatic heterocycles. The number of hydrogen-bond acceptors (Lipinski definition) is 2. The third kappa shape index (κ3) is 9.77. The third-order valence-corrected chi connectivity index (χ3v) is 2.06. The van der Waals surface area contributed by atoms with E-state index in [-0.39, 0.29) is 0 Å². The molecule has 96 valence electrons. The van der Waals surface area contributed by atoms with E-state index in [1.54, 1.807) is 0 Å². The molecule has 0 atom stereocenters. The smallest absolute Gasteiger partial charge is 0.191 e. The Morgan fingerprint density at radius 1 is 1.25 bits per heavy atom. The maximum absolute atomic E-state index is 5.26. The second kappa shape index (κ2) is 10.7. The molecule has 0 aliphatic heterocycles. The van der Waals surface area contributed by atoms with Crippen LogP contribution in [-0.2, 0) is 4.74 Å². The van der Waals surface area contributed by atoms with Gasteiger partial charge in [0.1, 0.15) is 0 Å². The van der Waals surface area contributed by atoms with Gasteiger partial charge in [-0.3, -0.25) is 4.99 Å². The van der Waals surface area contributed by atoms with Gasteiger partial charge in [0.2, 0.25) is 0 Å². The number of hydrogen-bond donors (Lipinski definition) is 2. The Morgan fingerprint density at radius 2 is 2.00 bits per heavy atom. The lowest BCUT2D eigenvalue weighted by atomic mass is 10.1. The maximum atomic E-state index is 5.26. The monoisotopic (exact) mass is 229 g/mol. The van der Waals surface area contributed by atoms with Gasteiger partial charge in [-0.2, -0.15) is 0 Å². The van der Waals surface area contributed by atoms with Crippen LogP contribution >= 0.6 is 0 Å². The molecule has 4 nitrogen and oxygen atoms in total. The van der Waals surface area contributed by atoms with Crippen molar-refractivity contribution in [3.05, 3.63) is 0 Å². The van der Waals surface area contributed by atoms with Crippen LogP contribution in [0, 0.1) is 5.92 Å². The number of ether oxygens (including phenoxy) is 1. The number of nitrogens with one attached hydrogen (secondary N) is 2. The van der Waals surface area contributed by atoms with Crippen molar-refractivity contribution < 1.29 is 4.74 Å². The zero-order valence-electron chi connectivity index (χ0n) is 11.2. The van der Waals surface area contributed by atoms with Crippen molar-refractivity contribution in [2.45, 2.75) is 34.1 Å². The SMILES string of the molecule is CCNC(=NCCC(C)C)NCCOCC. The van der Waals surface area contributed by atoms with Gasteiger partial charge in [0.15, 0.2) is 5.96 Å². The lowest BCUT2D eigenvalue weighted by molar-refractivity contribution is 0.152. The number of nitrogens with zero attached hydrogens (tertiary/aromatic N) is 1. The van der Waals surface area contributed by atoms with Crippen molar-refractivity contribution in [2.24, 2.45) is 10.9 Å². The molecule has 0 saturated carbocycles. The first kappa shape index (κ1) is 15.2. The summed E-state index contributed by atoms with van der Waals surface area (Å²) in [4.78, 5) is 4.49. The molecule has 0 fully saturated rings. The van der Waals surface area contributed by atoms with Crippen LogP contribution in [0.4, 0.5) is 0 Å². The topological polar surface area (TPSA) is 45.7 Å². The molecular formula is C12H27N3O. The van der Waals surface area contributed by atoms with Crippen LogP contribution in [0.25, 0.3) is 0 Å². The summed E-state index contributed by atoms with van der Waals surface area (Å²) in [5.41, 5.74) is 0. The van der Waals surface area contributed by atoms with E-state index in [2.05, 4.69) is 36.4 Å². The molecule has 16 heavy (non-hydrogen) atoms. The summed E-state index contributed by atoms with van der Waals surface area (Å²) in [6, 6.07) is 0. The average Bonchev–Trinajstić information content (AvgIpc) is 2.23. The van der Waals surface area contributed by atoms with Gasteiger partial charge >= 0.3 is 0 Å². The summed E-state index contributed by atoms with van der Waals surface area (Å²) < 4.78 is 5.26. The molecule has 4 heteroatoms. The van der Waals surface area contributed by atoms with Crippen molar-refractivity contribution >= 4 is 5.96 Å². The van der Waals surface area contributed by atoms with Gasteiger partial charge in [0.05, 0.1) is 6.61 Å². The molecule has 0 aromatic rings. The van der Waals surface area contributed by atoms with Crippen LogP contribution in [-0.4, -0.2) is 38.8 Å². The molecule has 0 aromatic carbocycles. The summed E-state index contributed by atoms with van der Waals surface area (Å²) in [7, 11) is 0. The Labute approximate surface area is 99.9 Å². The maximum Gasteiger partial charge on any atom is 0.191 e. The Kier molecular flexibility index (Phi) is 10.2. The van der Waals surface area contributed by atoms with Crippen molar-refractivity contribution in [3.8, 4) is 0 Å². The molecule has 0 rings (SSSR count). The van der Waals surface area contributed by atoms with E-state index >= 15 is 0 Å². The first-order chi connectivity index (χ1) is 7.70. The highest BCUT2D eigenvalue weighted by molar-refractivity contribution is 5.79. The molecular weight excluding hydrogens is 202 g/mol. The Balaban J connectivity index is 3.76. The minimum atomic E-state index is 0.704. The number of guanidine groups is 1. The predicted molar refractivity (Wildman–Crippen MR) is 69.9 cm³/mol. The molecule has 0 bridgehead atoms. The van der Waals surface area contributed by atoms with E-state index in [4.69, 9.17) is 4.74 Å². The Bertz CT molecular complexity index is 181. The van der Waals surface area contributed by atoms with Gasteiger partial charge in [0.25, 0.3) is 0 Å². The Hall–Kier alpha value is -0.770. The minimum absolute atomic E-state index is 0.704. The van der Waals surface area contributed by atoms with Gasteiger partial charge in [-0.25, -0.2) is 0 Å². The summed E-state index contributed by atoms with van der Waals surface area (Å²) >= 11 is 0. The van der Waals surface area contributed by atoms with E-state index in [9.17, 15) is 0 Å². The second-order valence-corrected chi connectivity index (χ2v) is 4.07. The Morgan fingerprint density at radius 3 is 2.56 bits per heavy atom. The summed E-state index contributed by atoms with van der Waals surface area (Å²) in [6.07, 6.45) is 1.13. The fourth-order valence-electron chi connectivity index (χ4n) is 1.16. The van der Waals surface area contributed by atoms with Crippen LogP contribution in [0.15, 0.2) is 4.99 Å². The second-order valence-electron chi connectivity index (χ2n) is 4.07. The molecule has 0 saturated heterocycles. The van der Waals surface area contributed by atoms with Crippen molar-refractivity contribution in [1.29, 1.82) is 0 Å². The van der Waals surface area contributed by atoms with Crippen molar-refractivity contribution in [3.63, 3.8) is 0 Å². The van der Waals surface area contributed by atoms with E-state index < -0.39 is 0 Å². The van der Waals surface area contributed by atoms with E-state index in [1.807, 2.05) is 6.92 Å². The number of aliphatic imine (C=N–C) groups is 1. The van der Waals surface area contributed by atoms with Crippen molar-refractivity contribution in [1.82, 2.24) is 10.6 Å². The average molecular weight is 229 g/mol. The molecule has 0 heterocycles. The molecule has 0 aliphatic rings. The first-order valence-corrected chi connectivity index (χ1v) is 6.30. The van der Waals surface area contributed by atoms with Crippen LogP contribution in [0.2, 0.25) is 0 Å². The van der Waals surface area contributed by atoms with E-state index in [0.29, 0.717) is 5.92 Å². The molecule has 0 amide bonds. The number of rotatable bonds is 8. The van der Waals surface area contributed by atoms with E-state index in [0.717, 1.165) is 45.2 Å². The lowest BCUT2D eigenvalue weighted by Crippen LogP contribution is -2.39. The summed E-state index contributed by atoms with van der Waals surface area (Å²) in [5.74, 6) is 1.60. The molecule has 0 aliphatic carbocycles. The van der Waals surface area contributed by atoms with Gasteiger partial charge in [-0.15, -0.1) is 0 Å². The summed E-state index contributed by atoms with van der Waals surface area (Å²) in [5, 5.41) is 6.46. The largest absolute Gasteiger partial charge is 0.380 e. The van der Waals surface area contributed by atoms with Gasteiger partial charge in [0, 0.05) is 26.2 Å². The van der Waals surface area contributed by atoms with Crippen LogP contribution in [0.5, 0.6) is 0 Å². The fraction of sp³-hybridized carbons (Fsp3) is 0.917. The highest BCUT2D eigenvalue weighted by Crippen LogP contribution is 1.98. The van der Waals surface area contributed by atoms with Gasteiger partial charge in [-0.05, 0) is 26.2 Å². The first-order valence-electron chi connectivity index (χ1n) is 6.30. The van der Waals surface area contributed by atoms with Gasteiger partial charge < -0.3 is 15.4 Å². The van der Waals surface area contributed by atoms with Crippen LogP contribution in [0.1, 0.15) is 34.1 Å². The normalized spacial score (nSPS) is 11.9. The molecule has 0 spiro atoms. The lowest BCUT2D eigenvalue weighted by Gasteiger charge is -2.11. The standard InChI is InChI=1S/C12H27N3O/c1-5-13-12(14-8-7-11(3)4)15-9-10-16-6-2/h11H,5-10H2,1-4H3,(H2,13,14,15). The molecule has 0 unspecified atom stereocenters. The third-order valence-electron chi connectivity index (χ3n) is 2.06. The highest BCUT2D eigenvalue weighted by Gasteiger charge is 1.97. The quantitative estimate of drug-likeness (QED) is 0.378. The van der Waals surface area contributed by atoms with Crippen LogP contribution < -0.4 is 10.6 Å².